The van der Waals surface area contributed by atoms with Crippen LogP contribution in [0.25, 0.3) is 0 Å². The quantitative estimate of drug-likeness (QED) is 0.641. The van der Waals surface area contributed by atoms with Crippen LogP contribution < -0.4 is 14.8 Å². The van der Waals surface area contributed by atoms with Crippen LogP contribution in [0.4, 0.5) is 19.0 Å². The van der Waals surface area contributed by atoms with Gasteiger partial charge in [0.05, 0.1) is 20.3 Å². The Balaban J connectivity index is 1.71. The molecule has 33 heavy (non-hydrogen) atoms. The highest BCUT2D eigenvalue weighted by atomic mass is 35.5. The number of nitrogens with zero attached hydrogens (tertiary/aromatic N) is 3. The number of fused-ring (bicyclic) bond motifs is 1. The third-order valence-electron chi connectivity index (χ3n) is 6.20. The number of methoxy groups -OCH3 is 2. The summed E-state index contributed by atoms with van der Waals surface area (Å²) in [5, 5.41) is 7.03. The van der Waals surface area contributed by atoms with Crippen molar-refractivity contribution in [2.24, 2.45) is 0 Å². The average Bonchev–Trinajstić information content (AvgIpc) is 2.96. The molecule has 1 aromatic heterocycles. The SMILES string of the molecule is COc1ccc([C@H]2C[C@@H](C(F)(F)F)n3nc(C(=O)N4CCCCCC4)c(Cl)c3N2)cc1OC. The number of likely N-dealkylation sites (tertiary alicyclic amines) is 1. The molecule has 4 rings (SSSR count). The van der Waals surface area contributed by atoms with Crippen molar-refractivity contribution >= 4 is 23.3 Å². The number of aromatic nitrogens is 2. The van der Waals surface area contributed by atoms with Crippen LogP contribution in [0.2, 0.25) is 5.02 Å². The Bertz CT molecular complexity index is 1020. The maximum Gasteiger partial charge on any atom is 0.410 e. The van der Waals surface area contributed by atoms with Crippen LogP contribution in [0, 0.1) is 0 Å². The second-order valence-corrected chi connectivity index (χ2v) is 8.64. The topological polar surface area (TPSA) is 68.6 Å². The fraction of sp³-hybridized carbons (Fsp3) is 0.545. The predicted molar refractivity (Wildman–Crippen MR) is 117 cm³/mol. The number of anilines is 1. The molecule has 2 atom stereocenters. The molecule has 2 aromatic rings. The van der Waals surface area contributed by atoms with E-state index < -0.39 is 24.2 Å². The van der Waals surface area contributed by atoms with E-state index in [1.54, 1.807) is 23.1 Å². The zero-order valence-corrected chi connectivity index (χ0v) is 19.2. The molecule has 0 unspecified atom stereocenters. The van der Waals surface area contributed by atoms with E-state index in [2.05, 4.69) is 10.4 Å². The normalized spacial score (nSPS) is 21.1. The molecule has 1 amide bonds. The van der Waals surface area contributed by atoms with Crippen LogP contribution >= 0.6 is 11.6 Å². The van der Waals surface area contributed by atoms with Crippen molar-refractivity contribution in [3.8, 4) is 11.5 Å². The Labute approximate surface area is 194 Å². The summed E-state index contributed by atoms with van der Waals surface area (Å²) >= 11 is 6.47. The van der Waals surface area contributed by atoms with Crippen LogP contribution in [-0.4, -0.2) is 54.1 Å². The maximum absolute atomic E-state index is 14.1. The van der Waals surface area contributed by atoms with E-state index in [0.717, 1.165) is 30.4 Å². The van der Waals surface area contributed by atoms with Gasteiger partial charge < -0.3 is 19.7 Å². The van der Waals surface area contributed by atoms with E-state index in [9.17, 15) is 18.0 Å². The number of rotatable bonds is 4. The molecular formula is C22H26ClF3N4O3. The first kappa shape index (κ1) is 23.5. The van der Waals surface area contributed by atoms with Gasteiger partial charge in [0.25, 0.3) is 5.91 Å². The average molecular weight is 487 g/mol. The summed E-state index contributed by atoms with van der Waals surface area (Å²) in [5.74, 6) is 0.429. The highest BCUT2D eigenvalue weighted by molar-refractivity contribution is 6.36. The molecule has 0 radical (unpaired) electrons. The molecule has 1 N–H and O–H groups in total. The zero-order valence-electron chi connectivity index (χ0n) is 18.4. The monoisotopic (exact) mass is 486 g/mol. The van der Waals surface area contributed by atoms with Gasteiger partial charge in [0.1, 0.15) is 10.8 Å². The standard InChI is InChI=1S/C22H26ClF3N4O3/c1-32-15-8-7-13(11-16(15)33-2)14-12-17(22(24,25)26)30-20(27-14)18(23)19(28-30)21(31)29-9-5-3-4-6-10-29/h7-8,11,14,17,27H,3-6,9-10,12H2,1-2H3/t14-,17+/m1/s1. The number of hydrogen-bond acceptors (Lipinski definition) is 5. The number of ether oxygens (including phenoxy) is 2. The largest absolute Gasteiger partial charge is 0.493 e. The molecule has 0 aliphatic carbocycles. The van der Waals surface area contributed by atoms with Gasteiger partial charge in [-0.2, -0.15) is 18.3 Å². The van der Waals surface area contributed by atoms with Crippen molar-refractivity contribution in [2.45, 2.75) is 50.4 Å². The van der Waals surface area contributed by atoms with Crippen molar-refractivity contribution in [3.63, 3.8) is 0 Å². The van der Waals surface area contributed by atoms with E-state index >= 15 is 0 Å². The Hall–Kier alpha value is -2.62. The summed E-state index contributed by atoms with van der Waals surface area (Å²) in [6, 6.07) is 2.29. The Kier molecular flexibility index (Phi) is 6.65. The number of benzene rings is 1. The van der Waals surface area contributed by atoms with Crippen molar-refractivity contribution in [2.75, 3.05) is 32.6 Å². The van der Waals surface area contributed by atoms with Crippen LogP contribution in [-0.2, 0) is 0 Å². The first-order valence-electron chi connectivity index (χ1n) is 10.9. The molecule has 180 valence electrons. The molecule has 0 spiro atoms. The molecule has 7 nitrogen and oxygen atoms in total. The second-order valence-electron chi connectivity index (χ2n) is 8.27. The first-order valence-corrected chi connectivity index (χ1v) is 11.2. The number of nitrogens with one attached hydrogen (secondary N) is 1. The summed E-state index contributed by atoms with van der Waals surface area (Å²) in [5.41, 5.74) is 0.425. The second kappa shape index (κ2) is 9.32. The number of alkyl halides is 3. The summed E-state index contributed by atoms with van der Waals surface area (Å²) < 4.78 is 53.5. The summed E-state index contributed by atoms with van der Waals surface area (Å²) in [6.07, 6.45) is -1.17. The van der Waals surface area contributed by atoms with Crippen LogP contribution in [0.15, 0.2) is 18.2 Å². The molecule has 0 bridgehead atoms. The lowest BCUT2D eigenvalue weighted by atomic mass is 9.96. The molecule has 1 saturated heterocycles. The summed E-state index contributed by atoms with van der Waals surface area (Å²) in [4.78, 5) is 14.7. The van der Waals surface area contributed by atoms with Crippen molar-refractivity contribution in [3.05, 3.63) is 34.5 Å². The minimum atomic E-state index is -4.58. The lowest BCUT2D eigenvalue weighted by Gasteiger charge is -2.33. The summed E-state index contributed by atoms with van der Waals surface area (Å²) in [7, 11) is 2.94. The Morgan fingerprint density at radius 3 is 2.39 bits per heavy atom. The van der Waals surface area contributed by atoms with Crippen molar-refractivity contribution < 1.29 is 27.4 Å². The van der Waals surface area contributed by atoms with Gasteiger partial charge in [-0.1, -0.05) is 30.5 Å². The first-order chi connectivity index (χ1) is 15.7. The van der Waals surface area contributed by atoms with Gasteiger partial charge in [-0.3, -0.25) is 4.79 Å². The van der Waals surface area contributed by atoms with Crippen LogP contribution in [0.5, 0.6) is 11.5 Å². The molecule has 0 saturated carbocycles. The smallest absolute Gasteiger partial charge is 0.410 e. The number of carbonyl (C=O) groups excluding carboxylic acids is 1. The highest BCUT2D eigenvalue weighted by Gasteiger charge is 2.48. The van der Waals surface area contributed by atoms with Gasteiger partial charge in [0, 0.05) is 19.5 Å². The van der Waals surface area contributed by atoms with Gasteiger partial charge in [-0.15, -0.1) is 0 Å². The molecule has 2 aliphatic rings. The van der Waals surface area contributed by atoms with E-state index in [4.69, 9.17) is 21.1 Å². The van der Waals surface area contributed by atoms with Crippen molar-refractivity contribution in [1.82, 2.24) is 14.7 Å². The van der Waals surface area contributed by atoms with E-state index in [0.29, 0.717) is 30.2 Å². The van der Waals surface area contributed by atoms with Crippen LogP contribution in [0.1, 0.15) is 60.2 Å². The number of amides is 1. The minimum absolute atomic E-state index is 0.0109. The molecule has 2 aliphatic heterocycles. The molecule has 1 aromatic carbocycles. The predicted octanol–water partition coefficient (Wildman–Crippen LogP) is 5.23. The number of halogens is 4. The maximum atomic E-state index is 14.1. The highest BCUT2D eigenvalue weighted by Crippen LogP contribution is 2.47. The van der Waals surface area contributed by atoms with Gasteiger partial charge in [0.15, 0.2) is 23.2 Å². The lowest BCUT2D eigenvalue weighted by Crippen LogP contribution is -2.36. The Morgan fingerprint density at radius 1 is 1.12 bits per heavy atom. The molecule has 3 heterocycles. The van der Waals surface area contributed by atoms with E-state index in [1.807, 2.05) is 0 Å². The molecule has 11 heteroatoms. The van der Waals surface area contributed by atoms with Gasteiger partial charge in [-0.25, -0.2) is 4.68 Å². The third-order valence-corrected chi connectivity index (χ3v) is 6.56. The van der Waals surface area contributed by atoms with Gasteiger partial charge in [-0.05, 0) is 30.5 Å². The van der Waals surface area contributed by atoms with E-state index in [1.165, 1.54) is 14.2 Å². The Morgan fingerprint density at radius 2 is 1.79 bits per heavy atom. The van der Waals surface area contributed by atoms with E-state index in [-0.39, 0.29) is 23.0 Å². The fourth-order valence-corrected chi connectivity index (χ4v) is 4.70. The third kappa shape index (κ3) is 4.58. The number of carbonyl (C=O) groups is 1. The van der Waals surface area contributed by atoms with Gasteiger partial charge in [0.2, 0.25) is 0 Å². The molecular weight excluding hydrogens is 461 g/mol. The molecule has 1 fully saturated rings. The van der Waals surface area contributed by atoms with Gasteiger partial charge >= 0.3 is 6.18 Å². The summed E-state index contributed by atoms with van der Waals surface area (Å²) in [6.45, 7) is 1.09. The van der Waals surface area contributed by atoms with Crippen molar-refractivity contribution in [1.29, 1.82) is 0 Å². The number of hydrogen-bond donors (Lipinski definition) is 1. The zero-order chi connectivity index (χ0) is 23.8. The van der Waals surface area contributed by atoms with Crippen LogP contribution in [0.3, 0.4) is 0 Å². The fourth-order valence-electron chi connectivity index (χ4n) is 4.44. The lowest BCUT2D eigenvalue weighted by molar-refractivity contribution is -0.173. The minimum Gasteiger partial charge on any atom is -0.493 e.